The fourth-order valence-corrected chi connectivity index (χ4v) is 4.43. The summed E-state index contributed by atoms with van der Waals surface area (Å²) in [7, 11) is 0. The van der Waals surface area contributed by atoms with E-state index < -0.39 is 0 Å². The molecule has 4 rings (SSSR count). The largest absolute Gasteiger partial charge is 0.454 e. The predicted octanol–water partition coefficient (Wildman–Crippen LogP) is 1.83. The molecular formula is C22H29N3O5. The number of amides is 3. The Kier molecular flexibility index (Phi) is 6.40. The average Bonchev–Trinajstić information content (AvgIpc) is 3.26. The van der Waals surface area contributed by atoms with Crippen LogP contribution in [0, 0.1) is 5.92 Å². The summed E-state index contributed by atoms with van der Waals surface area (Å²) in [5, 5.41) is 5.61. The van der Waals surface area contributed by atoms with Crippen molar-refractivity contribution in [2.75, 3.05) is 26.4 Å². The number of hydrogen-bond donors (Lipinski definition) is 2. The molecule has 3 aliphatic rings. The molecule has 0 unspecified atom stereocenters. The van der Waals surface area contributed by atoms with Gasteiger partial charge < -0.3 is 25.0 Å². The van der Waals surface area contributed by atoms with Gasteiger partial charge >= 0.3 is 0 Å². The fourth-order valence-electron chi connectivity index (χ4n) is 4.43. The molecule has 0 bridgehead atoms. The van der Waals surface area contributed by atoms with Gasteiger partial charge in [-0.25, -0.2) is 0 Å². The zero-order chi connectivity index (χ0) is 20.9. The van der Waals surface area contributed by atoms with E-state index in [0.29, 0.717) is 30.2 Å². The highest BCUT2D eigenvalue weighted by Crippen LogP contribution is 2.32. The molecule has 2 fully saturated rings. The van der Waals surface area contributed by atoms with E-state index in [-0.39, 0.29) is 43.0 Å². The second kappa shape index (κ2) is 9.36. The van der Waals surface area contributed by atoms with E-state index in [1.54, 1.807) is 18.2 Å². The predicted molar refractivity (Wildman–Crippen MR) is 109 cm³/mol. The molecular weight excluding hydrogens is 386 g/mol. The number of rotatable bonds is 5. The first-order valence-corrected chi connectivity index (χ1v) is 10.9. The molecule has 0 atom stereocenters. The molecule has 0 aromatic heterocycles. The van der Waals surface area contributed by atoms with Crippen LogP contribution in [0.3, 0.4) is 0 Å². The fraction of sp³-hybridized carbons (Fsp3) is 0.591. The van der Waals surface area contributed by atoms with Gasteiger partial charge in [0.15, 0.2) is 11.5 Å². The molecule has 1 aromatic rings. The second-order valence-electron chi connectivity index (χ2n) is 8.25. The number of benzene rings is 1. The number of nitrogens with one attached hydrogen (secondary N) is 2. The molecule has 162 valence electrons. The molecule has 2 N–H and O–H groups in total. The summed E-state index contributed by atoms with van der Waals surface area (Å²) in [4.78, 5) is 39.1. The van der Waals surface area contributed by atoms with Crippen LogP contribution < -0.4 is 20.1 Å². The molecule has 1 saturated heterocycles. The number of nitrogens with zero attached hydrogens (tertiary/aromatic N) is 1. The highest BCUT2D eigenvalue weighted by Gasteiger charge is 2.29. The van der Waals surface area contributed by atoms with Crippen LogP contribution in [0.15, 0.2) is 18.2 Å². The second-order valence-corrected chi connectivity index (χ2v) is 8.25. The smallest absolute Gasteiger partial charge is 0.251 e. The zero-order valence-corrected chi connectivity index (χ0v) is 17.2. The van der Waals surface area contributed by atoms with Crippen molar-refractivity contribution < 1.29 is 23.9 Å². The van der Waals surface area contributed by atoms with Gasteiger partial charge in [-0.2, -0.15) is 0 Å². The van der Waals surface area contributed by atoms with Gasteiger partial charge in [-0.15, -0.1) is 0 Å². The van der Waals surface area contributed by atoms with E-state index in [9.17, 15) is 14.4 Å². The average molecular weight is 415 g/mol. The third-order valence-electron chi connectivity index (χ3n) is 6.17. The van der Waals surface area contributed by atoms with Crippen molar-refractivity contribution in [2.24, 2.45) is 5.92 Å². The van der Waals surface area contributed by atoms with Crippen molar-refractivity contribution in [1.29, 1.82) is 0 Å². The maximum absolute atomic E-state index is 12.6. The summed E-state index contributed by atoms with van der Waals surface area (Å²) in [6, 6.07) is 4.96. The molecule has 2 aliphatic heterocycles. The van der Waals surface area contributed by atoms with Gasteiger partial charge in [0.2, 0.25) is 18.6 Å². The summed E-state index contributed by atoms with van der Waals surface area (Å²) in [5.74, 6) is 1.06. The Bertz CT molecular complexity index is 798. The van der Waals surface area contributed by atoms with E-state index >= 15 is 0 Å². The molecule has 2 heterocycles. The number of ether oxygens (including phenoxy) is 2. The van der Waals surface area contributed by atoms with Crippen molar-refractivity contribution in [3.8, 4) is 11.5 Å². The van der Waals surface area contributed by atoms with Crippen LogP contribution in [0.2, 0.25) is 0 Å². The first-order valence-electron chi connectivity index (χ1n) is 10.9. The highest BCUT2D eigenvalue weighted by atomic mass is 16.7. The Balaban J connectivity index is 1.18. The van der Waals surface area contributed by atoms with E-state index in [1.807, 2.05) is 4.90 Å². The van der Waals surface area contributed by atoms with Gasteiger partial charge in [-0.05, 0) is 43.9 Å². The number of carbonyl (C=O) groups excluding carboxylic acids is 3. The quantitative estimate of drug-likeness (QED) is 0.765. The van der Waals surface area contributed by atoms with Gasteiger partial charge in [0.05, 0.1) is 6.54 Å². The Morgan fingerprint density at radius 2 is 1.70 bits per heavy atom. The number of piperidine rings is 1. The van der Waals surface area contributed by atoms with Crippen LogP contribution >= 0.6 is 0 Å². The lowest BCUT2D eigenvalue weighted by molar-refractivity contribution is -0.137. The lowest BCUT2D eigenvalue weighted by Crippen LogP contribution is -2.49. The minimum Gasteiger partial charge on any atom is -0.454 e. The summed E-state index contributed by atoms with van der Waals surface area (Å²) in [6.45, 7) is 1.43. The molecule has 8 nitrogen and oxygen atoms in total. The Morgan fingerprint density at radius 3 is 2.47 bits per heavy atom. The molecule has 1 aliphatic carbocycles. The van der Waals surface area contributed by atoms with Gasteiger partial charge in [0.1, 0.15) is 0 Å². The van der Waals surface area contributed by atoms with Crippen LogP contribution in [0.5, 0.6) is 11.5 Å². The SMILES string of the molecule is O=C(CNC(=O)c1ccc2c(c1)OCO2)NC1CCN(C(=O)C2CCCCC2)CC1. The van der Waals surface area contributed by atoms with Crippen LogP contribution in [0.4, 0.5) is 0 Å². The van der Waals surface area contributed by atoms with Crippen molar-refractivity contribution in [1.82, 2.24) is 15.5 Å². The third-order valence-corrected chi connectivity index (χ3v) is 6.17. The van der Waals surface area contributed by atoms with E-state index in [2.05, 4.69) is 10.6 Å². The maximum Gasteiger partial charge on any atom is 0.251 e. The van der Waals surface area contributed by atoms with E-state index in [0.717, 1.165) is 38.5 Å². The Hall–Kier alpha value is -2.77. The first-order chi connectivity index (χ1) is 14.6. The standard InChI is InChI=1S/C22H29N3O5/c26-20(13-23-21(27)16-6-7-18-19(12-16)30-14-29-18)24-17-8-10-25(11-9-17)22(28)15-4-2-1-3-5-15/h6-7,12,15,17H,1-5,8-11,13-14H2,(H,23,27)(H,24,26). The van der Waals surface area contributed by atoms with Gasteiger partial charge in [0, 0.05) is 30.6 Å². The number of carbonyl (C=O) groups is 3. The monoisotopic (exact) mass is 415 g/mol. The van der Waals surface area contributed by atoms with Crippen LogP contribution in [0.1, 0.15) is 55.3 Å². The summed E-state index contributed by atoms with van der Waals surface area (Å²) < 4.78 is 10.5. The molecule has 1 saturated carbocycles. The minimum absolute atomic E-state index is 0.0374. The molecule has 0 spiro atoms. The summed E-state index contributed by atoms with van der Waals surface area (Å²) >= 11 is 0. The Labute approximate surface area is 176 Å². The zero-order valence-electron chi connectivity index (χ0n) is 17.2. The molecule has 1 aromatic carbocycles. The van der Waals surface area contributed by atoms with Crippen molar-refractivity contribution >= 4 is 17.7 Å². The molecule has 8 heteroatoms. The van der Waals surface area contributed by atoms with Crippen LogP contribution in [-0.2, 0) is 9.59 Å². The van der Waals surface area contributed by atoms with E-state index in [4.69, 9.17) is 9.47 Å². The Morgan fingerprint density at radius 1 is 0.967 bits per heavy atom. The highest BCUT2D eigenvalue weighted by molar-refractivity contribution is 5.97. The molecule has 3 amide bonds. The van der Waals surface area contributed by atoms with E-state index in [1.165, 1.54) is 6.42 Å². The number of likely N-dealkylation sites (tertiary alicyclic amines) is 1. The first kappa shape index (κ1) is 20.5. The molecule has 30 heavy (non-hydrogen) atoms. The minimum atomic E-state index is -0.337. The normalized spacial score (nSPS) is 19.4. The van der Waals surface area contributed by atoms with Crippen molar-refractivity contribution in [3.05, 3.63) is 23.8 Å². The van der Waals surface area contributed by atoms with Crippen molar-refractivity contribution in [3.63, 3.8) is 0 Å². The van der Waals surface area contributed by atoms with Gasteiger partial charge in [-0.1, -0.05) is 19.3 Å². The number of fused-ring (bicyclic) bond motifs is 1. The van der Waals surface area contributed by atoms with Crippen LogP contribution in [-0.4, -0.2) is 55.1 Å². The molecule has 0 radical (unpaired) electrons. The maximum atomic E-state index is 12.6. The lowest BCUT2D eigenvalue weighted by atomic mass is 9.87. The topological polar surface area (TPSA) is 97.0 Å². The number of hydrogen-bond acceptors (Lipinski definition) is 5. The van der Waals surface area contributed by atoms with Gasteiger partial charge in [-0.3, -0.25) is 14.4 Å². The van der Waals surface area contributed by atoms with Crippen molar-refractivity contribution in [2.45, 2.75) is 51.0 Å². The van der Waals surface area contributed by atoms with Crippen LogP contribution in [0.25, 0.3) is 0 Å². The summed E-state index contributed by atoms with van der Waals surface area (Å²) in [5.41, 5.74) is 0.418. The lowest BCUT2D eigenvalue weighted by Gasteiger charge is -2.35. The van der Waals surface area contributed by atoms with Gasteiger partial charge in [0.25, 0.3) is 5.91 Å². The third kappa shape index (κ3) is 4.86. The summed E-state index contributed by atoms with van der Waals surface area (Å²) in [6.07, 6.45) is 7.07.